The lowest BCUT2D eigenvalue weighted by molar-refractivity contribution is 0.215. The van der Waals surface area contributed by atoms with Gasteiger partial charge in [-0.15, -0.1) is 0 Å². The molecule has 0 aromatic heterocycles. The normalized spacial score (nSPS) is 27.1. The second kappa shape index (κ2) is 12.6. The summed E-state index contributed by atoms with van der Waals surface area (Å²) in [6.07, 6.45) is 26.8. The Morgan fingerprint density at radius 1 is 1.15 bits per heavy atom. The van der Waals surface area contributed by atoms with Crippen molar-refractivity contribution < 1.29 is 0 Å². The number of aliphatic imine (C=N–C) groups is 1. The van der Waals surface area contributed by atoms with Gasteiger partial charge in [0.15, 0.2) is 0 Å². The molecule has 208 valence electrons. The Kier molecular flexibility index (Phi) is 8.95. The molecule has 3 atom stereocenters. The number of hydrogen-bond acceptors (Lipinski definition) is 3. The van der Waals surface area contributed by atoms with E-state index in [2.05, 4.69) is 80.7 Å². The first-order valence-electron chi connectivity index (χ1n) is 15.5. The summed E-state index contributed by atoms with van der Waals surface area (Å²) in [5, 5.41) is 3.62. The van der Waals surface area contributed by atoms with Crippen molar-refractivity contribution in [3.8, 4) is 0 Å². The maximum atomic E-state index is 6.17. The van der Waals surface area contributed by atoms with Crippen molar-refractivity contribution in [3.05, 3.63) is 88.2 Å². The van der Waals surface area contributed by atoms with Crippen molar-refractivity contribution in [3.63, 3.8) is 0 Å². The van der Waals surface area contributed by atoms with Crippen molar-refractivity contribution in [2.45, 2.75) is 91.4 Å². The van der Waals surface area contributed by atoms with Gasteiger partial charge in [0.05, 0.1) is 0 Å². The molecule has 5 rings (SSSR count). The second-order valence-electron chi connectivity index (χ2n) is 12.8. The largest absolute Gasteiger partial charge is 0.402 e. The molecule has 3 N–H and O–H groups in total. The van der Waals surface area contributed by atoms with E-state index >= 15 is 0 Å². The number of nitrogens with zero attached hydrogens (tertiary/aromatic N) is 1. The van der Waals surface area contributed by atoms with Crippen molar-refractivity contribution in [2.75, 3.05) is 13.1 Å². The molecule has 0 saturated heterocycles. The van der Waals surface area contributed by atoms with Gasteiger partial charge in [-0.05, 0) is 129 Å². The smallest absolute Gasteiger partial charge is 0.124 e. The SMILES string of the molecule is Cc1c(CCCC2(C)CC=C(C3=NCCCN3)C(CCC3=CCCC(N)=C3)C2)cccc1C1=CC=CCC1C. The Bertz CT molecular complexity index is 1220. The van der Waals surface area contributed by atoms with Crippen LogP contribution in [0.15, 0.2) is 76.5 Å². The molecule has 3 unspecified atom stereocenters. The number of aryl methyl sites for hydroxylation is 1. The van der Waals surface area contributed by atoms with Crippen LogP contribution in [0.3, 0.4) is 0 Å². The fourth-order valence-corrected chi connectivity index (χ4v) is 7.17. The number of allylic oxidation sites excluding steroid dienone is 9. The van der Waals surface area contributed by atoms with Gasteiger partial charge in [-0.1, -0.05) is 68.0 Å². The van der Waals surface area contributed by atoms with Gasteiger partial charge in [0.1, 0.15) is 5.84 Å². The van der Waals surface area contributed by atoms with Crippen LogP contribution < -0.4 is 11.1 Å². The first-order valence-corrected chi connectivity index (χ1v) is 15.5. The summed E-state index contributed by atoms with van der Waals surface area (Å²) in [5.74, 6) is 2.33. The summed E-state index contributed by atoms with van der Waals surface area (Å²) in [6, 6.07) is 6.96. The van der Waals surface area contributed by atoms with Crippen LogP contribution in [0.4, 0.5) is 0 Å². The van der Waals surface area contributed by atoms with E-state index in [1.165, 1.54) is 71.3 Å². The molecule has 3 nitrogen and oxygen atoms in total. The highest BCUT2D eigenvalue weighted by atomic mass is 15.0. The first-order chi connectivity index (χ1) is 18.9. The molecule has 1 heterocycles. The molecule has 1 aromatic carbocycles. The molecule has 3 heteroatoms. The molecule has 1 aliphatic heterocycles. The monoisotopic (exact) mass is 523 g/mol. The van der Waals surface area contributed by atoms with E-state index in [4.69, 9.17) is 10.7 Å². The van der Waals surface area contributed by atoms with E-state index in [1.54, 1.807) is 0 Å². The standard InChI is InChI=1S/C36H49N3/c1-26-10-4-5-15-32(26)33-16-7-12-29(27(33)2)13-8-20-36(3)21-19-34(35-38-22-9-23-39-35)30(25-36)18-17-28-11-6-14-31(37)24-28/h4-5,7,11-12,15-16,19,24,26,30H,6,8-10,13-14,17-18,20-23,25,37H2,1-3H3,(H,38,39). The molecule has 0 fully saturated rings. The molecule has 39 heavy (non-hydrogen) atoms. The van der Waals surface area contributed by atoms with E-state index in [0.717, 1.165) is 57.3 Å². The number of nitrogens with one attached hydrogen (secondary N) is 1. The van der Waals surface area contributed by atoms with E-state index in [-0.39, 0.29) is 0 Å². The van der Waals surface area contributed by atoms with Crippen molar-refractivity contribution in [1.29, 1.82) is 0 Å². The van der Waals surface area contributed by atoms with Crippen LogP contribution in [0.1, 0.15) is 94.7 Å². The molecule has 4 aliphatic rings. The third kappa shape index (κ3) is 6.86. The zero-order chi connectivity index (χ0) is 27.2. The first kappa shape index (κ1) is 27.7. The molecular formula is C36H49N3. The Morgan fingerprint density at radius 3 is 2.85 bits per heavy atom. The highest BCUT2D eigenvalue weighted by molar-refractivity contribution is 5.99. The minimum absolute atomic E-state index is 0.343. The molecule has 0 spiro atoms. The third-order valence-electron chi connectivity index (χ3n) is 9.57. The maximum Gasteiger partial charge on any atom is 0.124 e. The predicted molar refractivity (Wildman–Crippen MR) is 168 cm³/mol. The lowest BCUT2D eigenvalue weighted by Crippen LogP contribution is -2.37. The molecular weight excluding hydrogens is 474 g/mol. The van der Waals surface area contributed by atoms with E-state index in [0.29, 0.717) is 17.3 Å². The Balaban J connectivity index is 1.26. The van der Waals surface area contributed by atoms with Crippen LogP contribution in [0.2, 0.25) is 0 Å². The molecule has 1 aromatic rings. The average molecular weight is 524 g/mol. The minimum atomic E-state index is 0.343. The predicted octanol–water partition coefficient (Wildman–Crippen LogP) is 8.37. The summed E-state index contributed by atoms with van der Waals surface area (Å²) in [6.45, 7) is 9.23. The van der Waals surface area contributed by atoms with Gasteiger partial charge < -0.3 is 11.1 Å². The van der Waals surface area contributed by atoms with Gasteiger partial charge in [-0.2, -0.15) is 0 Å². The van der Waals surface area contributed by atoms with Gasteiger partial charge in [-0.3, -0.25) is 4.99 Å². The van der Waals surface area contributed by atoms with Gasteiger partial charge in [-0.25, -0.2) is 0 Å². The van der Waals surface area contributed by atoms with Crippen molar-refractivity contribution >= 4 is 11.4 Å². The number of benzene rings is 1. The summed E-state index contributed by atoms with van der Waals surface area (Å²) in [5.41, 5.74) is 16.4. The highest BCUT2D eigenvalue weighted by Crippen LogP contribution is 2.45. The molecule has 0 saturated carbocycles. The fraction of sp³-hybridized carbons (Fsp3) is 0.528. The Labute approximate surface area is 237 Å². The summed E-state index contributed by atoms with van der Waals surface area (Å²) in [4.78, 5) is 4.90. The third-order valence-corrected chi connectivity index (χ3v) is 9.57. The van der Waals surface area contributed by atoms with Crippen molar-refractivity contribution in [1.82, 2.24) is 5.32 Å². The Morgan fingerprint density at radius 2 is 2.05 bits per heavy atom. The number of hydrogen-bond donors (Lipinski definition) is 2. The van der Waals surface area contributed by atoms with E-state index in [1.807, 2.05) is 0 Å². The summed E-state index contributed by atoms with van der Waals surface area (Å²) in [7, 11) is 0. The zero-order valence-corrected chi connectivity index (χ0v) is 24.6. The van der Waals surface area contributed by atoms with Crippen molar-refractivity contribution in [2.24, 2.45) is 28.0 Å². The van der Waals surface area contributed by atoms with Crippen LogP contribution in [-0.2, 0) is 6.42 Å². The quantitative estimate of drug-likeness (QED) is 0.341. The van der Waals surface area contributed by atoms with E-state index < -0.39 is 0 Å². The second-order valence-corrected chi connectivity index (χ2v) is 12.8. The van der Waals surface area contributed by atoms with E-state index in [9.17, 15) is 0 Å². The molecule has 3 aliphatic carbocycles. The minimum Gasteiger partial charge on any atom is -0.402 e. The number of nitrogens with two attached hydrogens (primary N) is 1. The lowest BCUT2D eigenvalue weighted by Gasteiger charge is -2.39. The van der Waals surface area contributed by atoms with Crippen LogP contribution >= 0.6 is 0 Å². The molecule has 0 amide bonds. The maximum absolute atomic E-state index is 6.17. The van der Waals surface area contributed by atoms with Gasteiger partial charge in [0, 0.05) is 18.8 Å². The lowest BCUT2D eigenvalue weighted by atomic mass is 9.67. The molecule has 0 bridgehead atoms. The van der Waals surface area contributed by atoms with Gasteiger partial charge in [0.25, 0.3) is 0 Å². The van der Waals surface area contributed by atoms with Crippen LogP contribution in [0, 0.1) is 24.2 Å². The molecule has 0 radical (unpaired) electrons. The van der Waals surface area contributed by atoms with Crippen LogP contribution in [0.5, 0.6) is 0 Å². The Hall–Kier alpha value is -2.81. The highest BCUT2D eigenvalue weighted by Gasteiger charge is 2.34. The van der Waals surface area contributed by atoms with Crippen LogP contribution in [-0.4, -0.2) is 18.9 Å². The van der Waals surface area contributed by atoms with Gasteiger partial charge in [0.2, 0.25) is 0 Å². The van der Waals surface area contributed by atoms with Gasteiger partial charge >= 0.3 is 0 Å². The zero-order valence-electron chi connectivity index (χ0n) is 24.6. The summed E-state index contributed by atoms with van der Waals surface area (Å²) < 4.78 is 0. The topological polar surface area (TPSA) is 50.4 Å². The number of amidine groups is 1. The number of rotatable bonds is 9. The summed E-state index contributed by atoms with van der Waals surface area (Å²) >= 11 is 0. The average Bonchev–Trinajstić information content (AvgIpc) is 2.94. The van der Waals surface area contributed by atoms with Crippen LogP contribution in [0.25, 0.3) is 5.57 Å². The fourth-order valence-electron chi connectivity index (χ4n) is 7.17.